The highest BCUT2D eigenvalue weighted by Gasteiger charge is 2.15. The van der Waals surface area contributed by atoms with Gasteiger partial charge < -0.3 is 5.32 Å². The number of sulfonamides is 1. The third-order valence-corrected chi connectivity index (χ3v) is 5.12. The van der Waals surface area contributed by atoms with Gasteiger partial charge in [-0.2, -0.15) is 0 Å². The predicted octanol–water partition coefficient (Wildman–Crippen LogP) is 2.97. The van der Waals surface area contributed by atoms with Crippen LogP contribution in [0.15, 0.2) is 45.8 Å². The molecule has 116 valence electrons. The van der Waals surface area contributed by atoms with Gasteiger partial charge in [0.15, 0.2) is 0 Å². The van der Waals surface area contributed by atoms with Gasteiger partial charge in [-0.15, -0.1) is 0 Å². The van der Waals surface area contributed by atoms with Crippen molar-refractivity contribution in [3.8, 4) is 0 Å². The Hall–Kier alpha value is -1.70. The third-order valence-electron chi connectivity index (χ3n) is 3.17. The van der Waals surface area contributed by atoms with Crippen LogP contribution >= 0.6 is 15.9 Å². The molecule has 0 aromatic heterocycles. The first kappa shape index (κ1) is 16.7. The first-order chi connectivity index (χ1) is 10.2. The Balaban J connectivity index is 2.32. The Morgan fingerprint density at radius 1 is 1.09 bits per heavy atom. The number of carbonyl (C=O) groups is 1. The molecule has 0 saturated heterocycles. The van der Waals surface area contributed by atoms with E-state index in [0.29, 0.717) is 11.3 Å². The van der Waals surface area contributed by atoms with Crippen molar-refractivity contribution in [2.45, 2.75) is 18.7 Å². The summed E-state index contributed by atoms with van der Waals surface area (Å²) in [4.78, 5) is 12.2. The average Bonchev–Trinajstić information content (AvgIpc) is 2.42. The summed E-state index contributed by atoms with van der Waals surface area (Å²) in [5.74, 6) is -0.397. The van der Waals surface area contributed by atoms with Gasteiger partial charge in [-0.1, -0.05) is 22.0 Å². The highest BCUT2D eigenvalue weighted by atomic mass is 79.9. The lowest BCUT2D eigenvalue weighted by molar-refractivity contribution is 0.102. The normalized spacial score (nSPS) is 11.3. The molecule has 0 aliphatic rings. The fourth-order valence-corrected chi connectivity index (χ4v) is 3.03. The molecule has 0 aliphatic heterocycles. The van der Waals surface area contributed by atoms with Crippen molar-refractivity contribution in [1.29, 1.82) is 0 Å². The number of aryl methyl sites for hydroxylation is 2. The summed E-state index contributed by atoms with van der Waals surface area (Å²) in [6.45, 7) is 3.53. The summed E-state index contributed by atoms with van der Waals surface area (Å²) >= 11 is 3.39. The maximum atomic E-state index is 12.2. The number of anilines is 1. The fraction of sp³-hybridized carbons (Fsp3) is 0.133. The molecular weight excluding hydrogens is 368 g/mol. The minimum absolute atomic E-state index is 0.0489. The highest BCUT2D eigenvalue weighted by Crippen LogP contribution is 2.21. The van der Waals surface area contributed by atoms with E-state index in [4.69, 9.17) is 5.14 Å². The minimum atomic E-state index is -3.86. The third kappa shape index (κ3) is 3.73. The molecule has 0 bridgehead atoms. The first-order valence-corrected chi connectivity index (χ1v) is 8.73. The van der Waals surface area contributed by atoms with Crippen molar-refractivity contribution in [3.63, 3.8) is 0 Å². The van der Waals surface area contributed by atoms with Gasteiger partial charge in [-0.3, -0.25) is 4.79 Å². The summed E-state index contributed by atoms with van der Waals surface area (Å²) in [6, 6.07) is 9.80. The molecule has 2 aromatic rings. The number of amides is 1. The van der Waals surface area contributed by atoms with Gasteiger partial charge in [0.05, 0.1) is 4.90 Å². The van der Waals surface area contributed by atoms with Gasteiger partial charge in [-0.25, -0.2) is 13.6 Å². The van der Waals surface area contributed by atoms with E-state index in [0.717, 1.165) is 10.0 Å². The quantitative estimate of drug-likeness (QED) is 0.854. The molecule has 1 amide bonds. The Labute approximate surface area is 137 Å². The van der Waals surface area contributed by atoms with Gasteiger partial charge in [0.25, 0.3) is 5.91 Å². The molecular formula is C15H15BrN2O3S. The number of carbonyl (C=O) groups excluding carboxylic acids is 1. The molecule has 0 heterocycles. The molecule has 2 aromatic carbocycles. The zero-order valence-electron chi connectivity index (χ0n) is 12.1. The summed E-state index contributed by atoms with van der Waals surface area (Å²) in [7, 11) is -3.86. The van der Waals surface area contributed by atoms with Crippen molar-refractivity contribution in [1.82, 2.24) is 0 Å². The zero-order chi connectivity index (χ0) is 16.5. The van der Waals surface area contributed by atoms with Crippen LogP contribution < -0.4 is 10.5 Å². The summed E-state index contributed by atoms with van der Waals surface area (Å²) in [6.07, 6.45) is 0. The van der Waals surface area contributed by atoms with Crippen LogP contribution in [-0.4, -0.2) is 14.3 Å². The second-order valence-electron chi connectivity index (χ2n) is 4.94. The molecule has 0 fully saturated rings. The molecule has 0 spiro atoms. The van der Waals surface area contributed by atoms with E-state index >= 15 is 0 Å². The van der Waals surface area contributed by atoms with E-state index in [1.54, 1.807) is 25.1 Å². The highest BCUT2D eigenvalue weighted by molar-refractivity contribution is 9.10. The second-order valence-corrected chi connectivity index (χ2v) is 7.33. The van der Waals surface area contributed by atoms with Crippen LogP contribution in [-0.2, 0) is 10.0 Å². The molecule has 3 N–H and O–H groups in total. The molecule has 5 nitrogen and oxygen atoms in total. The van der Waals surface area contributed by atoms with Crippen molar-refractivity contribution in [2.75, 3.05) is 5.32 Å². The molecule has 0 saturated carbocycles. The maximum absolute atomic E-state index is 12.2. The van der Waals surface area contributed by atoms with Gasteiger partial charge in [0.2, 0.25) is 10.0 Å². The molecule has 0 aliphatic carbocycles. The largest absolute Gasteiger partial charge is 0.322 e. The van der Waals surface area contributed by atoms with Gasteiger partial charge in [0, 0.05) is 15.7 Å². The van der Waals surface area contributed by atoms with Crippen LogP contribution in [0, 0.1) is 13.8 Å². The van der Waals surface area contributed by atoms with Crippen molar-refractivity contribution in [3.05, 3.63) is 57.6 Å². The zero-order valence-corrected chi connectivity index (χ0v) is 14.5. The molecule has 2 rings (SSSR count). The monoisotopic (exact) mass is 382 g/mol. The maximum Gasteiger partial charge on any atom is 0.255 e. The lowest BCUT2D eigenvalue weighted by Crippen LogP contribution is -2.17. The standard InChI is InChI=1S/C15H15BrN2O3S/c1-9-3-4-11(8-14(9)22(17,20)21)15(19)18-12-5-6-13(16)10(2)7-12/h3-8H,1-2H3,(H,18,19)(H2,17,20,21). The fourth-order valence-electron chi connectivity index (χ4n) is 1.97. The van der Waals surface area contributed by atoms with Crippen LogP contribution in [0.5, 0.6) is 0 Å². The Morgan fingerprint density at radius 2 is 1.77 bits per heavy atom. The molecule has 0 radical (unpaired) electrons. The molecule has 7 heteroatoms. The van der Waals surface area contributed by atoms with E-state index in [2.05, 4.69) is 21.2 Å². The van der Waals surface area contributed by atoms with Crippen LogP contribution in [0.4, 0.5) is 5.69 Å². The van der Waals surface area contributed by atoms with Crippen molar-refractivity contribution in [2.24, 2.45) is 5.14 Å². The Bertz CT molecular complexity index is 848. The van der Waals surface area contributed by atoms with Crippen molar-refractivity contribution < 1.29 is 13.2 Å². The Morgan fingerprint density at radius 3 is 2.36 bits per heavy atom. The van der Waals surface area contributed by atoms with Crippen LogP contribution in [0.25, 0.3) is 0 Å². The number of primary sulfonamides is 1. The van der Waals surface area contributed by atoms with E-state index < -0.39 is 15.9 Å². The number of rotatable bonds is 3. The first-order valence-electron chi connectivity index (χ1n) is 6.39. The number of nitrogens with two attached hydrogens (primary N) is 1. The van der Waals surface area contributed by atoms with Crippen LogP contribution in [0.2, 0.25) is 0 Å². The average molecular weight is 383 g/mol. The lowest BCUT2D eigenvalue weighted by atomic mass is 10.1. The number of halogens is 1. The van der Waals surface area contributed by atoms with E-state index in [1.165, 1.54) is 6.07 Å². The molecule has 0 atom stereocenters. The number of benzene rings is 2. The van der Waals surface area contributed by atoms with E-state index in [-0.39, 0.29) is 10.5 Å². The van der Waals surface area contributed by atoms with E-state index in [1.807, 2.05) is 19.1 Å². The summed E-state index contributed by atoms with van der Waals surface area (Å²) in [5.41, 5.74) is 2.34. The summed E-state index contributed by atoms with van der Waals surface area (Å²) < 4.78 is 24.0. The number of hydrogen-bond donors (Lipinski definition) is 2. The smallest absolute Gasteiger partial charge is 0.255 e. The number of nitrogens with one attached hydrogen (secondary N) is 1. The topological polar surface area (TPSA) is 89.3 Å². The van der Waals surface area contributed by atoms with Gasteiger partial charge in [-0.05, 0) is 55.3 Å². The summed E-state index contributed by atoms with van der Waals surface area (Å²) in [5, 5.41) is 7.88. The van der Waals surface area contributed by atoms with E-state index in [9.17, 15) is 13.2 Å². The van der Waals surface area contributed by atoms with Gasteiger partial charge in [0.1, 0.15) is 0 Å². The Kier molecular flexibility index (Phi) is 4.69. The molecule has 22 heavy (non-hydrogen) atoms. The van der Waals surface area contributed by atoms with Gasteiger partial charge >= 0.3 is 0 Å². The van der Waals surface area contributed by atoms with Crippen molar-refractivity contribution >= 4 is 37.5 Å². The number of hydrogen-bond acceptors (Lipinski definition) is 3. The van der Waals surface area contributed by atoms with Crippen LogP contribution in [0.1, 0.15) is 21.5 Å². The predicted molar refractivity (Wildman–Crippen MR) is 89.4 cm³/mol. The van der Waals surface area contributed by atoms with Crippen LogP contribution in [0.3, 0.4) is 0 Å². The lowest BCUT2D eigenvalue weighted by Gasteiger charge is -2.09. The molecule has 0 unspecified atom stereocenters. The second kappa shape index (κ2) is 6.20. The SMILES string of the molecule is Cc1cc(NC(=O)c2ccc(C)c(S(N)(=O)=O)c2)ccc1Br. The minimum Gasteiger partial charge on any atom is -0.322 e.